The molecule has 1 aliphatic heterocycles. The number of fused-ring (bicyclic) bond motifs is 2. The molecule has 1 amide bonds. The van der Waals surface area contributed by atoms with Crippen molar-refractivity contribution in [3.63, 3.8) is 0 Å². The third kappa shape index (κ3) is 3.34. The zero-order chi connectivity index (χ0) is 21.7. The van der Waals surface area contributed by atoms with Gasteiger partial charge in [0.05, 0.1) is 22.5 Å². The minimum atomic E-state index is -0.939. The molecule has 0 saturated carbocycles. The molecule has 31 heavy (non-hydrogen) atoms. The van der Waals surface area contributed by atoms with Crippen LogP contribution in [0.3, 0.4) is 0 Å². The molecule has 5 rings (SSSR count). The van der Waals surface area contributed by atoms with Gasteiger partial charge in [-0.2, -0.15) is 9.78 Å². The van der Waals surface area contributed by atoms with E-state index in [0.29, 0.717) is 28.8 Å². The van der Waals surface area contributed by atoms with Crippen LogP contribution in [0, 0.1) is 18.6 Å². The van der Waals surface area contributed by atoms with Crippen molar-refractivity contribution in [2.24, 2.45) is 0 Å². The quantitative estimate of drug-likeness (QED) is 0.488. The monoisotopic (exact) mass is 440 g/mol. The normalized spacial score (nSPS) is 15.7. The molecule has 1 N–H and O–H groups in total. The van der Waals surface area contributed by atoms with E-state index in [2.05, 4.69) is 15.4 Å². The first-order chi connectivity index (χ1) is 14.9. The molecule has 1 atom stereocenters. The van der Waals surface area contributed by atoms with Crippen molar-refractivity contribution in [1.29, 1.82) is 0 Å². The smallest absolute Gasteiger partial charge is 0.226 e. The molecule has 1 aliphatic rings. The van der Waals surface area contributed by atoms with E-state index in [-0.39, 0.29) is 12.3 Å². The number of amides is 1. The summed E-state index contributed by atoms with van der Waals surface area (Å²) in [6.45, 7) is 4.33. The highest BCUT2D eigenvalue weighted by Gasteiger charge is 2.33. The molecule has 0 spiro atoms. The summed E-state index contributed by atoms with van der Waals surface area (Å²) in [6.07, 6.45) is 0.127. The summed E-state index contributed by atoms with van der Waals surface area (Å²) in [6, 6.07) is 9.40. The van der Waals surface area contributed by atoms with Crippen LogP contribution in [0.1, 0.15) is 36.1 Å². The number of thiazole rings is 1. The number of carbonyl (C=O) groups excluding carboxylic acids is 1. The molecule has 0 saturated heterocycles. The fourth-order valence-electron chi connectivity index (χ4n) is 3.94. The largest absolute Gasteiger partial charge is 0.494 e. The predicted molar refractivity (Wildman–Crippen MR) is 114 cm³/mol. The lowest BCUT2D eigenvalue weighted by Gasteiger charge is -2.24. The maximum Gasteiger partial charge on any atom is 0.226 e. The summed E-state index contributed by atoms with van der Waals surface area (Å²) in [5, 5.41) is 8.10. The number of hydrogen-bond donors (Lipinski definition) is 1. The minimum absolute atomic E-state index is 0.127. The van der Waals surface area contributed by atoms with Crippen LogP contribution < -0.4 is 10.1 Å². The average Bonchev–Trinajstić information content (AvgIpc) is 3.30. The first-order valence-electron chi connectivity index (χ1n) is 9.82. The van der Waals surface area contributed by atoms with Crippen LogP contribution in [0.4, 0.5) is 14.6 Å². The second-order valence-corrected chi connectivity index (χ2v) is 8.31. The number of hydrogen-bond acceptors (Lipinski definition) is 5. The Kier molecular flexibility index (Phi) is 4.70. The molecule has 9 heteroatoms. The van der Waals surface area contributed by atoms with Gasteiger partial charge in [0, 0.05) is 17.9 Å². The lowest BCUT2D eigenvalue weighted by atomic mass is 9.86. The molecule has 4 aromatic rings. The maximum atomic E-state index is 13.9. The maximum absolute atomic E-state index is 13.9. The summed E-state index contributed by atoms with van der Waals surface area (Å²) in [5.41, 5.74) is 2.80. The number of nitrogens with zero attached hydrogens (tertiary/aromatic N) is 3. The van der Waals surface area contributed by atoms with Gasteiger partial charge in [-0.05, 0) is 49.7 Å². The van der Waals surface area contributed by atoms with Crippen LogP contribution in [0.2, 0.25) is 0 Å². The second-order valence-electron chi connectivity index (χ2n) is 7.30. The van der Waals surface area contributed by atoms with E-state index in [1.54, 1.807) is 4.68 Å². The second kappa shape index (κ2) is 7.42. The zero-order valence-electron chi connectivity index (χ0n) is 16.8. The van der Waals surface area contributed by atoms with Gasteiger partial charge in [-0.15, -0.1) is 0 Å². The summed E-state index contributed by atoms with van der Waals surface area (Å²) in [4.78, 5) is 17.1. The van der Waals surface area contributed by atoms with Crippen molar-refractivity contribution in [2.75, 3.05) is 11.9 Å². The van der Waals surface area contributed by atoms with Crippen LogP contribution in [0.15, 0.2) is 36.4 Å². The first kappa shape index (κ1) is 19.6. The van der Waals surface area contributed by atoms with E-state index in [1.807, 2.05) is 32.0 Å². The molecule has 6 nitrogen and oxygen atoms in total. The number of nitrogens with one attached hydrogen (secondary N) is 1. The highest BCUT2D eigenvalue weighted by molar-refractivity contribution is 7.20. The molecule has 0 fully saturated rings. The van der Waals surface area contributed by atoms with Gasteiger partial charge in [-0.1, -0.05) is 17.4 Å². The Balaban J connectivity index is 1.62. The molecule has 0 bridgehead atoms. The third-order valence-electron chi connectivity index (χ3n) is 5.29. The van der Waals surface area contributed by atoms with Crippen molar-refractivity contribution >= 4 is 33.3 Å². The molecule has 3 heterocycles. The number of carbonyl (C=O) groups is 1. The third-order valence-corrected chi connectivity index (χ3v) is 6.28. The molecule has 2 aromatic heterocycles. The number of benzene rings is 2. The summed E-state index contributed by atoms with van der Waals surface area (Å²) >= 11 is 1.43. The molecular formula is C22H18F2N4O2S. The zero-order valence-corrected chi connectivity index (χ0v) is 17.6. The Hall–Kier alpha value is -3.33. The Morgan fingerprint density at radius 1 is 1.23 bits per heavy atom. The van der Waals surface area contributed by atoms with Gasteiger partial charge >= 0.3 is 0 Å². The van der Waals surface area contributed by atoms with E-state index in [4.69, 9.17) is 4.74 Å². The van der Waals surface area contributed by atoms with Crippen LogP contribution in [-0.2, 0) is 4.79 Å². The van der Waals surface area contributed by atoms with Crippen molar-refractivity contribution in [3.05, 3.63) is 64.9 Å². The van der Waals surface area contributed by atoms with Gasteiger partial charge in [0.15, 0.2) is 11.6 Å². The number of rotatable bonds is 4. The first-order valence-corrected chi connectivity index (χ1v) is 10.6. The van der Waals surface area contributed by atoms with E-state index >= 15 is 0 Å². The highest BCUT2D eigenvalue weighted by Crippen LogP contribution is 2.41. The predicted octanol–water partition coefficient (Wildman–Crippen LogP) is 4.94. The lowest BCUT2D eigenvalue weighted by molar-refractivity contribution is -0.116. The van der Waals surface area contributed by atoms with E-state index in [9.17, 15) is 13.6 Å². The Bertz CT molecular complexity index is 1330. The van der Waals surface area contributed by atoms with E-state index in [1.165, 1.54) is 17.4 Å². The van der Waals surface area contributed by atoms with Gasteiger partial charge in [0.25, 0.3) is 0 Å². The highest BCUT2D eigenvalue weighted by atomic mass is 32.1. The molecular weight excluding hydrogens is 422 g/mol. The number of anilines is 1. The number of halogens is 2. The van der Waals surface area contributed by atoms with E-state index in [0.717, 1.165) is 33.7 Å². The van der Waals surface area contributed by atoms with Gasteiger partial charge < -0.3 is 10.1 Å². The molecule has 0 aliphatic carbocycles. The van der Waals surface area contributed by atoms with Gasteiger partial charge in [0.1, 0.15) is 11.6 Å². The number of ether oxygens (including phenoxy) is 1. The van der Waals surface area contributed by atoms with Crippen LogP contribution in [-0.4, -0.2) is 27.3 Å². The van der Waals surface area contributed by atoms with Gasteiger partial charge in [0.2, 0.25) is 11.0 Å². The van der Waals surface area contributed by atoms with E-state index < -0.39 is 17.6 Å². The fourth-order valence-corrected chi connectivity index (χ4v) is 4.89. The van der Waals surface area contributed by atoms with Crippen molar-refractivity contribution < 1.29 is 18.3 Å². The van der Waals surface area contributed by atoms with Gasteiger partial charge in [-0.3, -0.25) is 4.79 Å². The van der Waals surface area contributed by atoms with Crippen LogP contribution in [0.5, 0.6) is 5.75 Å². The van der Waals surface area contributed by atoms with Crippen molar-refractivity contribution in [2.45, 2.75) is 26.2 Å². The topological polar surface area (TPSA) is 69.0 Å². The Morgan fingerprint density at radius 2 is 2.06 bits per heavy atom. The van der Waals surface area contributed by atoms with Crippen molar-refractivity contribution in [3.8, 4) is 10.9 Å². The number of aromatic nitrogens is 3. The average molecular weight is 440 g/mol. The van der Waals surface area contributed by atoms with Crippen LogP contribution >= 0.6 is 11.3 Å². The standard InChI is InChI=1S/C22H18F2N4O2S/c1-3-30-13-5-7-17-18(9-13)31-22(25-17)28-21-20(11(2)27-28)14(10-19(29)26-21)12-4-6-15(23)16(24)8-12/h4-9,14H,3,10H2,1-2H3,(H,26,29). The summed E-state index contributed by atoms with van der Waals surface area (Å²) in [7, 11) is 0. The number of aryl methyl sites for hydroxylation is 1. The summed E-state index contributed by atoms with van der Waals surface area (Å²) in [5.74, 6) is -1.23. The molecule has 2 aromatic carbocycles. The van der Waals surface area contributed by atoms with Crippen molar-refractivity contribution in [1.82, 2.24) is 14.8 Å². The summed E-state index contributed by atoms with van der Waals surface area (Å²) < 4.78 is 35.4. The molecule has 1 unspecified atom stereocenters. The van der Waals surface area contributed by atoms with Crippen LogP contribution in [0.25, 0.3) is 15.3 Å². The fraction of sp³-hybridized carbons (Fsp3) is 0.227. The molecule has 0 radical (unpaired) electrons. The Morgan fingerprint density at radius 3 is 2.84 bits per heavy atom. The minimum Gasteiger partial charge on any atom is -0.494 e. The molecule has 158 valence electrons. The lowest BCUT2D eigenvalue weighted by Crippen LogP contribution is -2.25. The SMILES string of the molecule is CCOc1ccc2nc(-n3nc(C)c4c3NC(=O)CC4c3ccc(F)c(F)c3)sc2c1. The Labute approximate surface area is 180 Å². The van der Waals surface area contributed by atoms with Gasteiger partial charge in [-0.25, -0.2) is 13.8 Å².